The summed E-state index contributed by atoms with van der Waals surface area (Å²) < 4.78 is 10.9. The molecule has 132 valence electrons. The summed E-state index contributed by atoms with van der Waals surface area (Å²) in [5, 5.41) is 0.977. The van der Waals surface area contributed by atoms with Gasteiger partial charge in [-0.15, -0.1) is 0 Å². The molecule has 0 aliphatic carbocycles. The van der Waals surface area contributed by atoms with Gasteiger partial charge in [0.1, 0.15) is 17.4 Å². The fourth-order valence-electron chi connectivity index (χ4n) is 3.28. The van der Waals surface area contributed by atoms with Crippen LogP contribution in [0.4, 0.5) is 11.5 Å². The molecule has 0 unspecified atom stereocenters. The first-order valence-electron chi connectivity index (χ1n) is 8.47. The number of rotatable bonds is 5. The molecule has 6 heteroatoms. The zero-order chi connectivity index (χ0) is 18.1. The van der Waals surface area contributed by atoms with Gasteiger partial charge in [-0.1, -0.05) is 18.2 Å². The number of benzene rings is 2. The van der Waals surface area contributed by atoms with Crippen LogP contribution in [0.1, 0.15) is 6.92 Å². The number of methoxy groups -OCH3 is 2. The van der Waals surface area contributed by atoms with E-state index in [2.05, 4.69) is 38.9 Å². The van der Waals surface area contributed by atoms with Crippen molar-refractivity contribution in [1.82, 2.24) is 15.0 Å². The number of aromatic nitrogens is 3. The molecule has 0 saturated carbocycles. The molecule has 2 aromatic heterocycles. The third-order valence-corrected chi connectivity index (χ3v) is 4.51. The largest absolute Gasteiger partial charge is 0.493 e. The minimum Gasteiger partial charge on any atom is -0.493 e. The number of ether oxygens (including phenoxy) is 2. The van der Waals surface area contributed by atoms with Gasteiger partial charge < -0.3 is 19.4 Å². The molecule has 4 aromatic rings. The van der Waals surface area contributed by atoms with E-state index in [1.165, 1.54) is 0 Å². The standard InChI is InChI=1S/C20H20N4O2/c1-4-24(13-8-6-5-7-9-13)20-19-18(21-12-22-20)14-10-16(25-2)17(26-3)11-15(14)23-19/h5-12,23H,4H2,1-3H3. The number of H-pyrrole nitrogens is 1. The van der Waals surface area contributed by atoms with Crippen molar-refractivity contribution < 1.29 is 9.47 Å². The summed E-state index contributed by atoms with van der Waals surface area (Å²) in [6.45, 7) is 2.90. The van der Waals surface area contributed by atoms with Gasteiger partial charge in [-0.05, 0) is 25.1 Å². The van der Waals surface area contributed by atoms with Gasteiger partial charge in [-0.3, -0.25) is 0 Å². The molecule has 2 aromatic carbocycles. The Morgan fingerprint density at radius 2 is 1.73 bits per heavy atom. The van der Waals surface area contributed by atoms with Crippen molar-refractivity contribution in [1.29, 1.82) is 0 Å². The van der Waals surface area contributed by atoms with Crippen LogP contribution in [-0.2, 0) is 0 Å². The van der Waals surface area contributed by atoms with E-state index in [0.717, 1.165) is 40.0 Å². The zero-order valence-corrected chi connectivity index (χ0v) is 15.0. The molecular weight excluding hydrogens is 328 g/mol. The number of aromatic amines is 1. The van der Waals surface area contributed by atoms with Crippen molar-refractivity contribution in [3.05, 3.63) is 48.8 Å². The quantitative estimate of drug-likeness (QED) is 0.583. The summed E-state index contributed by atoms with van der Waals surface area (Å²) in [5.74, 6) is 2.20. The minimum absolute atomic E-state index is 0.677. The monoisotopic (exact) mass is 348 g/mol. The molecule has 0 saturated heterocycles. The highest BCUT2D eigenvalue weighted by molar-refractivity contribution is 6.09. The Morgan fingerprint density at radius 3 is 2.42 bits per heavy atom. The number of nitrogens with zero attached hydrogens (tertiary/aromatic N) is 3. The topological polar surface area (TPSA) is 63.3 Å². The normalized spacial score (nSPS) is 11.0. The van der Waals surface area contributed by atoms with Crippen LogP contribution >= 0.6 is 0 Å². The van der Waals surface area contributed by atoms with E-state index < -0.39 is 0 Å². The predicted molar refractivity (Wildman–Crippen MR) is 104 cm³/mol. The molecule has 6 nitrogen and oxygen atoms in total. The average molecular weight is 348 g/mol. The molecule has 26 heavy (non-hydrogen) atoms. The lowest BCUT2D eigenvalue weighted by Gasteiger charge is -2.22. The van der Waals surface area contributed by atoms with Crippen LogP contribution in [0.3, 0.4) is 0 Å². The van der Waals surface area contributed by atoms with E-state index >= 15 is 0 Å². The number of hydrogen-bond acceptors (Lipinski definition) is 5. The SMILES string of the molecule is CCN(c1ccccc1)c1ncnc2c1[nH]c1cc(OC)c(OC)cc12. The highest BCUT2D eigenvalue weighted by Crippen LogP contribution is 2.37. The van der Waals surface area contributed by atoms with E-state index in [9.17, 15) is 0 Å². The van der Waals surface area contributed by atoms with Gasteiger partial charge in [-0.25, -0.2) is 9.97 Å². The molecule has 0 fully saturated rings. The molecule has 1 N–H and O–H groups in total. The summed E-state index contributed by atoms with van der Waals surface area (Å²) >= 11 is 0. The highest BCUT2D eigenvalue weighted by atomic mass is 16.5. The van der Waals surface area contributed by atoms with E-state index in [1.54, 1.807) is 20.5 Å². The van der Waals surface area contributed by atoms with Gasteiger partial charge in [-0.2, -0.15) is 0 Å². The van der Waals surface area contributed by atoms with Gasteiger partial charge >= 0.3 is 0 Å². The molecular formula is C20H20N4O2. The van der Waals surface area contributed by atoms with Crippen molar-refractivity contribution in [2.24, 2.45) is 0 Å². The van der Waals surface area contributed by atoms with E-state index in [4.69, 9.17) is 9.47 Å². The van der Waals surface area contributed by atoms with Crippen molar-refractivity contribution in [2.75, 3.05) is 25.7 Å². The van der Waals surface area contributed by atoms with Gasteiger partial charge in [0.25, 0.3) is 0 Å². The fourth-order valence-corrected chi connectivity index (χ4v) is 3.28. The Morgan fingerprint density at radius 1 is 1.00 bits per heavy atom. The van der Waals surface area contributed by atoms with Crippen LogP contribution < -0.4 is 14.4 Å². The van der Waals surface area contributed by atoms with Crippen LogP contribution in [0.25, 0.3) is 21.9 Å². The first kappa shape index (κ1) is 16.2. The second-order valence-corrected chi connectivity index (χ2v) is 5.88. The molecule has 0 aliphatic heterocycles. The summed E-state index contributed by atoms with van der Waals surface area (Å²) in [6.07, 6.45) is 1.60. The lowest BCUT2D eigenvalue weighted by Crippen LogP contribution is -2.17. The number of hydrogen-bond donors (Lipinski definition) is 1. The molecule has 2 heterocycles. The third-order valence-electron chi connectivity index (χ3n) is 4.51. The number of anilines is 2. The fraction of sp³-hybridized carbons (Fsp3) is 0.200. The third kappa shape index (κ3) is 2.50. The van der Waals surface area contributed by atoms with Crippen molar-refractivity contribution in [3.8, 4) is 11.5 Å². The summed E-state index contributed by atoms with van der Waals surface area (Å²) in [7, 11) is 3.26. The predicted octanol–water partition coefficient (Wildman–Crippen LogP) is 4.29. The van der Waals surface area contributed by atoms with Gasteiger partial charge in [0.2, 0.25) is 0 Å². The maximum Gasteiger partial charge on any atom is 0.162 e. The number of nitrogens with one attached hydrogen (secondary N) is 1. The maximum absolute atomic E-state index is 5.44. The van der Waals surface area contributed by atoms with Crippen LogP contribution in [0.15, 0.2) is 48.8 Å². The zero-order valence-electron chi connectivity index (χ0n) is 15.0. The molecule has 0 radical (unpaired) electrons. The minimum atomic E-state index is 0.677. The molecule has 0 bridgehead atoms. The Labute approximate surface area is 151 Å². The molecule has 0 atom stereocenters. The second-order valence-electron chi connectivity index (χ2n) is 5.88. The van der Waals surface area contributed by atoms with E-state index in [1.807, 2.05) is 30.3 Å². The van der Waals surface area contributed by atoms with E-state index in [-0.39, 0.29) is 0 Å². The maximum atomic E-state index is 5.44. The van der Waals surface area contributed by atoms with Gasteiger partial charge in [0.05, 0.1) is 19.7 Å². The first-order valence-corrected chi connectivity index (χ1v) is 8.47. The van der Waals surface area contributed by atoms with Crippen molar-refractivity contribution >= 4 is 33.4 Å². The van der Waals surface area contributed by atoms with Crippen molar-refractivity contribution in [3.63, 3.8) is 0 Å². The van der Waals surface area contributed by atoms with Crippen LogP contribution in [0, 0.1) is 0 Å². The molecule has 0 aliphatic rings. The summed E-state index contributed by atoms with van der Waals surface area (Å²) in [5.41, 5.74) is 3.77. The summed E-state index contributed by atoms with van der Waals surface area (Å²) in [4.78, 5) is 14.7. The first-order chi connectivity index (χ1) is 12.8. The van der Waals surface area contributed by atoms with Crippen LogP contribution in [-0.4, -0.2) is 35.7 Å². The lowest BCUT2D eigenvalue weighted by atomic mass is 10.2. The number of para-hydroxylation sites is 1. The Bertz CT molecular complexity index is 1060. The van der Waals surface area contributed by atoms with Crippen LogP contribution in [0.5, 0.6) is 11.5 Å². The van der Waals surface area contributed by atoms with Gasteiger partial charge in [0.15, 0.2) is 17.3 Å². The molecule has 0 spiro atoms. The van der Waals surface area contributed by atoms with E-state index in [0.29, 0.717) is 11.5 Å². The average Bonchev–Trinajstić information content (AvgIpc) is 3.06. The van der Waals surface area contributed by atoms with Gasteiger partial charge in [0, 0.05) is 23.7 Å². The van der Waals surface area contributed by atoms with Crippen LogP contribution in [0.2, 0.25) is 0 Å². The number of fused-ring (bicyclic) bond motifs is 3. The smallest absolute Gasteiger partial charge is 0.162 e. The second kappa shape index (κ2) is 6.55. The lowest BCUT2D eigenvalue weighted by molar-refractivity contribution is 0.356. The molecule has 4 rings (SSSR count). The summed E-state index contributed by atoms with van der Waals surface area (Å²) in [6, 6.07) is 14.1. The Kier molecular flexibility index (Phi) is 4.08. The Hall–Kier alpha value is -3.28. The highest BCUT2D eigenvalue weighted by Gasteiger charge is 2.18. The van der Waals surface area contributed by atoms with Crippen molar-refractivity contribution in [2.45, 2.75) is 6.92 Å². The molecule has 0 amide bonds. The Balaban J connectivity index is 1.97.